The lowest BCUT2D eigenvalue weighted by molar-refractivity contribution is -0.148. The maximum absolute atomic E-state index is 12.9. The summed E-state index contributed by atoms with van der Waals surface area (Å²) in [5.74, 6) is -0.736. The van der Waals surface area contributed by atoms with Crippen LogP contribution in [0.2, 0.25) is 0 Å². The summed E-state index contributed by atoms with van der Waals surface area (Å²) in [5.41, 5.74) is -2.00. The van der Waals surface area contributed by atoms with E-state index >= 15 is 0 Å². The van der Waals surface area contributed by atoms with E-state index in [1.54, 1.807) is 26.8 Å². The number of ether oxygens (including phenoxy) is 1. The van der Waals surface area contributed by atoms with Crippen molar-refractivity contribution in [3.8, 4) is 6.07 Å². The Morgan fingerprint density at radius 3 is 2.38 bits per heavy atom. The number of carbonyl (C=O) groups is 1. The third-order valence-corrected chi connectivity index (χ3v) is 2.29. The fourth-order valence-electron chi connectivity index (χ4n) is 1.51. The molecule has 0 N–H and O–H groups in total. The van der Waals surface area contributed by atoms with Crippen LogP contribution in [0, 0.1) is 11.3 Å². The van der Waals surface area contributed by atoms with E-state index in [4.69, 9.17) is 10.00 Å². The third-order valence-electron chi connectivity index (χ3n) is 2.29. The van der Waals surface area contributed by atoms with Gasteiger partial charge in [0.25, 0.3) is 0 Å². The van der Waals surface area contributed by atoms with Crippen LogP contribution in [-0.2, 0) is 15.7 Å². The maximum Gasteiger partial charge on any atom is 0.417 e. The highest BCUT2D eigenvalue weighted by Crippen LogP contribution is 2.33. The highest BCUT2D eigenvalue weighted by molar-refractivity contribution is 5.87. The van der Waals surface area contributed by atoms with Crippen molar-refractivity contribution in [1.29, 1.82) is 5.26 Å². The number of esters is 1. The lowest BCUT2D eigenvalue weighted by atomic mass is 10.0. The molecule has 0 bridgehead atoms. The molecular formula is C15H14F3NO2. The minimum Gasteiger partial charge on any atom is -0.457 e. The molecule has 0 heterocycles. The molecule has 0 unspecified atom stereocenters. The predicted molar refractivity (Wildman–Crippen MR) is 71.0 cm³/mol. The van der Waals surface area contributed by atoms with Gasteiger partial charge in [-0.3, -0.25) is 0 Å². The van der Waals surface area contributed by atoms with Crippen molar-refractivity contribution < 1.29 is 22.7 Å². The zero-order chi connectivity index (χ0) is 16.3. The van der Waals surface area contributed by atoms with E-state index in [0.717, 1.165) is 24.3 Å². The summed E-state index contributed by atoms with van der Waals surface area (Å²) in [6.07, 6.45) is -2.65. The van der Waals surface area contributed by atoms with Crippen molar-refractivity contribution in [3.05, 3.63) is 41.0 Å². The maximum atomic E-state index is 12.9. The Morgan fingerprint density at radius 2 is 1.90 bits per heavy atom. The average Bonchev–Trinajstić information content (AvgIpc) is 2.33. The second-order valence-electron chi connectivity index (χ2n) is 5.28. The predicted octanol–water partition coefficient (Wildman–Crippen LogP) is 3.93. The molecule has 0 fully saturated rings. The lowest BCUT2D eigenvalue weighted by Crippen LogP contribution is -2.22. The summed E-state index contributed by atoms with van der Waals surface area (Å²) < 4.78 is 43.7. The number of hydrogen-bond acceptors (Lipinski definition) is 3. The molecule has 0 aliphatic rings. The highest BCUT2D eigenvalue weighted by atomic mass is 19.4. The van der Waals surface area contributed by atoms with Gasteiger partial charge in [-0.25, -0.2) is 4.79 Å². The van der Waals surface area contributed by atoms with Crippen LogP contribution in [-0.4, -0.2) is 11.6 Å². The minimum absolute atomic E-state index is 0.100. The van der Waals surface area contributed by atoms with Gasteiger partial charge in [0, 0.05) is 6.08 Å². The first-order valence-electron chi connectivity index (χ1n) is 6.05. The molecule has 0 saturated heterocycles. The number of nitrogens with zero attached hydrogens (tertiary/aromatic N) is 1. The van der Waals surface area contributed by atoms with Crippen molar-refractivity contribution in [2.45, 2.75) is 32.5 Å². The summed E-state index contributed by atoms with van der Waals surface area (Å²) in [4.78, 5) is 11.5. The van der Waals surface area contributed by atoms with Gasteiger partial charge >= 0.3 is 12.1 Å². The zero-order valence-electron chi connectivity index (χ0n) is 11.8. The van der Waals surface area contributed by atoms with Crippen LogP contribution in [0.15, 0.2) is 24.3 Å². The standard InChI is InChI=1S/C15H14F3NO2/c1-14(2,3)21-13(20)7-6-11-5-4-10(9-19)8-12(11)15(16,17)18/h4-8H,1-3H3/b7-6+. The van der Waals surface area contributed by atoms with Gasteiger partial charge in [-0.2, -0.15) is 18.4 Å². The molecular weight excluding hydrogens is 283 g/mol. The molecule has 0 atom stereocenters. The first kappa shape index (κ1) is 16.8. The van der Waals surface area contributed by atoms with Crippen LogP contribution in [0.3, 0.4) is 0 Å². The van der Waals surface area contributed by atoms with E-state index in [1.165, 1.54) is 6.07 Å². The number of hydrogen-bond donors (Lipinski definition) is 0. The van der Waals surface area contributed by atoms with E-state index in [9.17, 15) is 18.0 Å². The second-order valence-corrected chi connectivity index (χ2v) is 5.28. The van der Waals surface area contributed by atoms with Gasteiger partial charge in [0.1, 0.15) is 5.60 Å². The van der Waals surface area contributed by atoms with Crippen LogP contribution in [0.5, 0.6) is 0 Å². The number of halogens is 3. The Morgan fingerprint density at radius 1 is 1.29 bits per heavy atom. The summed E-state index contributed by atoms with van der Waals surface area (Å²) in [6, 6.07) is 4.79. The van der Waals surface area contributed by atoms with Gasteiger partial charge in [0.2, 0.25) is 0 Å². The Hall–Kier alpha value is -2.29. The zero-order valence-corrected chi connectivity index (χ0v) is 11.8. The summed E-state index contributed by atoms with van der Waals surface area (Å²) in [6.45, 7) is 4.96. The number of carbonyl (C=O) groups excluding carboxylic acids is 1. The number of rotatable bonds is 2. The van der Waals surface area contributed by atoms with E-state index in [1.807, 2.05) is 0 Å². The fourth-order valence-corrected chi connectivity index (χ4v) is 1.51. The van der Waals surface area contributed by atoms with E-state index < -0.39 is 23.3 Å². The molecule has 0 radical (unpaired) electrons. The molecule has 3 nitrogen and oxygen atoms in total. The third kappa shape index (κ3) is 5.30. The molecule has 1 aromatic carbocycles. The minimum atomic E-state index is -4.61. The van der Waals surface area contributed by atoms with Crippen LogP contribution in [0.1, 0.15) is 37.5 Å². The van der Waals surface area contributed by atoms with E-state index in [2.05, 4.69) is 0 Å². The number of benzene rings is 1. The van der Waals surface area contributed by atoms with Crippen molar-refractivity contribution >= 4 is 12.0 Å². The molecule has 0 saturated carbocycles. The van der Waals surface area contributed by atoms with Gasteiger partial charge in [-0.15, -0.1) is 0 Å². The smallest absolute Gasteiger partial charge is 0.417 e. The Kier molecular flexibility index (Phi) is 4.79. The van der Waals surface area contributed by atoms with E-state index in [0.29, 0.717) is 0 Å². The Bertz CT molecular complexity index is 605. The molecule has 0 spiro atoms. The van der Waals surface area contributed by atoms with Crippen molar-refractivity contribution in [1.82, 2.24) is 0 Å². The Labute approximate surface area is 120 Å². The molecule has 0 aliphatic heterocycles. The Balaban J connectivity index is 3.09. The lowest BCUT2D eigenvalue weighted by Gasteiger charge is -2.18. The van der Waals surface area contributed by atoms with Gasteiger partial charge < -0.3 is 4.74 Å². The summed E-state index contributed by atoms with van der Waals surface area (Å²) in [7, 11) is 0. The van der Waals surface area contributed by atoms with Crippen LogP contribution in [0.25, 0.3) is 6.08 Å². The molecule has 0 aliphatic carbocycles. The highest BCUT2D eigenvalue weighted by Gasteiger charge is 2.33. The summed E-state index contributed by atoms with van der Waals surface area (Å²) in [5, 5.41) is 8.65. The van der Waals surface area contributed by atoms with Gasteiger partial charge in [-0.1, -0.05) is 6.07 Å². The molecule has 6 heteroatoms. The summed E-state index contributed by atoms with van der Waals surface area (Å²) >= 11 is 0. The molecule has 0 aromatic heterocycles. The second kappa shape index (κ2) is 6.00. The largest absolute Gasteiger partial charge is 0.457 e. The van der Waals surface area contributed by atoms with Crippen molar-refractivity contribution in [2.24, 2.45) is 0 Å². The van der Waals surface area contributed by atoms with Gasteiger partial charge in [-0.05, 0) is 44.5 Å². The monoisotopic (exact) mass is 297 g/mol. The number of nitriles is 1. The molecule has 0 amide bonds. The molecule has 1 rings (SSSR count). The topological polar surface area (TPSA) is 50.1 Å². The normalized spacial score (nSPS) is 12.2. The quantitative estimate of drug-likeness (QED) is 0.614. The van der Waals surface area contributed by atoms with Gasteiger partial charge in [0.05, 0.1) is 17.2 Å². The van der Waals surface area contributed by atoms with Crippen molar-refractivity contribution in [2.75, 3.05) is 0 Å². The first-order chi connectivity index (χ1) is 9.53. The van der Waals surface area contributed by atoms with Crippen molar-refractivity contribution in [3.63, 3.8) is 0 Å². The molecule has 112 valence electrons. The first-order valence-corrected chi connectivity index (χ1v) is 6.05. The average molecular weight is 297 g/mol. The van der Waals surface area contributed by atoms with Crippen LogP contribution >= 0.6 is 0 Å². The van der Waals surface area contributed by atoms with Crippen LogP contribution < -0.4 is 0 Å². The van der Waals surface area contributed by atoms with Crippen LogP contribution in [0.4, 0.5) is 13.2 Å². The SMILES string of the molecule is CC(C)(C)OC(=O)/C=C/c1ccc(C#N)cc1C(F)(F)F. The molecule has 1 aromatic rings. The number of alkyl halides is 3. The van der Waals surface area contributed by atoms with E-state index in [-0.39, 0.29) is 11.1 Å². The fraction of sp³-hybridized carbons (Fsp3) is 0.333. The molecule has 21 heavy (non-hydrogen) atoms. The van der Waals surface area contributed by atoms with Gasteiger partial charge in [0.15, 0.2) is 0 Å².